The number of benzene rings is 2. The second-order valence-electron chi connectivity index (χ2n) is 4.80. The minimum Gasteiger partial charge on any atom is -0.454 e. The molecule has 0 saturated heterocycles. The van der Waals surface area contributed by atoms with Crippen LogP contribution in [0.4, 0.5) is 8.78 Å². The molecule has 0 aliphatic carbocycles. The van der Waals surface area contributed by atoms with Gasteiger partial charge < -0.3 is 10.5 Å². The maximum Gasteiger partial charge on any atom is 0.165 e. The van der Waals surface area contributed by atoms with E-state index in [4.69, 9.17) is 10.5 Å². The average molecular weight is 356 g/mol. The molecule has 21 heavy (non-hydrogen) atoms. The molecule has 0 saturated carbocycles. The zero-order valence-corrected chi connectivity index (χ0v) is 13.2. The van der Waals surface area contributed by atoms with E-state index < -0.39 is 5.82 Å². The van der Waals surface area contributed by atoms with Crippen LogP contribution in [0.2, 0.25) is 0 Å². The zero-order chi connectivity index (χ0) is 15.4. The fourth-order valence-corrected chi connectivity index (χ4v) is 2.25. The standard InChI is InChI=1S/C16H16BrF2NO/c1-2-13(20)8-10-7-12(18)4-6-15(10)21-16-9-11(17)3-5-14(16)19/h3-7,9,13H,2,8,20H2,1H3. The maximum atomic E-state index is 13.8. The Morgan fingerprint density at radius 3 is 2.62 bits per heavy atom. The molecule has 2 aromatic carbocycles. The molecule has 112 valence electrons. The van der Waals surface area contributed by atoms with Gasteiger partial charge in [0.2, 0.25) is 0 Å². The summed E-state index contributed by atoms with van der Waals surface area (Å²) in [5.41, 5.74) is 6.54. The molecular formula is C16H16BrF2NO. The Morgan fingerprint density at radius 1 is 1.14 bits per heavy atom. The summed E-state index contributed by atoms with van der Waals surface area (Å²) in [6.45, 7) is 1.96. The lowest BCUT2D eigenvalue weighted by atomic mass is 10.0. The van der Waals surface area contributed by atoms with Crippen LogP contribution in [0.5, 0.6) is 11.5 Å². The quantitative estimate of drug-likeness (QED) is 0.835. The van der Waals surface area contributed by atoms with E-state index in [2.05, 4.69) is 15.9 Å². The third-order valence-corrected chi connectivity index (χ3v) is 3.64. The molecule has 0 aromatic heterocycles. The molecule has 0 bridgehead atoms. The van der Waals surface area contributed by atoms with E-state index in [1.165, 1.54) is 30.3 Å². The number of rotatable bonds is 5. The minimum atomic E-state index is -0.478. The van der Waals surface area contributed by atoms with Crippen LogP contribution < -0.4 is 10.5 Å². The molecule has 0 amide bonds. The van der Waals surface area contributed by atoms with Crippen LogP contribution in [-0.4, -0.2) is 6.04 Å². The molecule has 2 rings (SSSR count). The highest BCUT2D eigenvalue weighted by atomic mass is 79.9. The summed E-state index contributed by atoms with van der Waals surface area (Å²) in [7, 11) is 0. The van der Waals surface area contributed by atoms with Crippen molar-refractivity contribution in [2.45, 2.75) is 25.8 Å². The van der Waals surface area contributed by atoms with Gasteiger partial charge in [0.1, 0.15) is 11.6 Å². The Hall–Kier alpha value is -1.46. The van der Waals surface area contributed by atoms with Crippen molar-refractivity contribution in [3.8, 4) is 11.5 Å². The number of halogens is 3. The van der Waals surface area contributed by atoms with E-state index in [1.54, 1.807) is 6.07 Å². The molecule has 0 aliphatic rings. The first kappa shape index (κ1) is 15.9. The van der Waals surface area contributed by atoms with Crippen LogP contribution in [0.15, 0.2) is 40.9 Å². The van der Waals surface area contributed by atoms with Crippen LogP contribution >= 0.6 is 15.9 Å². The van der Waals surface area contributed by atoms with Gasteiger partial charge in [-0.05, 0) is 54.8 Å². The molecule has 1 unspecified atom stereocenters. The fourth-order valence-electron chi connectivity index (χ4n) is 1.91. The number of nitrogens with two attached hydrogens (primary N) is 1. The summed E-state index contributed by atoms with van der Waals surface area (Å²) in [5.74, 6) is -0.344. The summed E-state index contributed by atoms with van der Waals surface area (Å²) in [6.07, 6.45) is 1.24. The molecule has 5 heteroatoms. The van der Waals surface area contributed by atoms with E-state index in [9.17, 15) is 8.78 Å². The Bertz CT molecular complexity index is 634. The molecule has 0 radical (unpaired) electrons. The Balaban J connectivity index is 2.32. The van der Waals surface area contributed by atoms with Gasteiger partial charge >= 0.3 is 0 Å². The molecule has 0 aliphatic heterocycles. The van der Waals surface area contributed by atoms with Gasteiger partial charge in [0.25, 0.3) is 0 Å². The van der Waals surface area contributed by atoms with Gasteiger partial charge in [-0.2, -0.15) is 0 Å². The first-order chi connectivity index (χ1) is 9.99. The Morgan fingerprint density at radius 2 is 1.90 bits per heavy atom. The largest absolute Gasteiger partial charge is 0.454 e. The third-order valence-electron chi connectivity index (χ3n) is 3.14. The average Bonchev–Trinajstić information content (AvgIpc) is 2.45. The number of ether oxygens (including phenoxy) is 1. The highest BCUT2D eigenvalue weighted by molar-refractivity contribution is 9.10. The Kier molecular flexibility index (Phi) is 5.31. The predicted octanol–water partition coefficient (Wildman–Crippen LogP) is 4.80. The monoisotopic (exact) mass is 355 g/mol. The third kappa shape index (κ3) is 4.25. The van der Waals surface area contributed by atoms with Crippen LogP contribution in [0.1, 0.15) is 18.9 Å². The molecule has 0 spiro atoms. The maximum absolute atomic E-state index is 13.8. The SMILES string of the molecule is CCC(N)Cc1cc(F)ccc1Oc1cc(Br)ccc1F. The second kappa shape index (κ2) is 7.00. The topological polar surface area (TPSA) is 35.2 Å². The van der Waals surface area contributed by atoms with Gasteiger partial charge in [0.15, 0.2) is 11.6 Å². The predicted molar refractivity (Wildman–Crippen MR) is 82.5 cm³/mol. The molecule has 2 aromatic rings. The lowest BCUT2D eigenvalue weighted by molar-refractivity contribution is 0.433. The fraction of sp³-hybridized carbons (Fsp3) is 0.250. The van der Waals surface area contributed by atoms with Crippen molar-refractivity contribution in [1.82, 2.24) is 0 Å². The van der Waals surface area contributed by atoms with Gasteiger partial charge in [-0.25, -0.2) is 8.78 Å². The normalized spacial score (nSPS) is 12.2. The summed E-state index contributed by atoms with van der Waals surface area (Å²) >= 11 is 3.26. The van der Waals surface area contributed by atoms with E-state index in [0.717, 1.165) is 6.42 Å². The second-order valence-corrected chi connectivity index (χ2v) is 5.72. The summed E-state index contributed by atoms with van der Waals surface area (Å²) in [5, 5.41) is 0. The highest BCUT2D eigenvalue weighted by Crippen LogP contribution is 2.30. The van der Waals surface area contributed by atoms with Crippen LogP contribution in [-0.2, 0) is 6.42 Å². The van der Waals surface area contributed by atoms with E-state index in [1.807, 2.05) is 6.92 Å². The van der Waals surface area contributed by atoms with Crippen molar-refractivity contribution in [1.29, 1.82) is 0 Å². The van der Waals surface area contributed by atoms with E-state index in [-0.39, 0.29) is 17.6 Å². The zero-order valence-electron chi connectivity index (χ0n) is 11.6. The van der Waals surface area contributed by atoms with Gasteiger partial charge in [-0.3, -0.25) is 0 Å². The number of hydrogen-bond donors (Lipinski definition) is 1. The molecule has 0 heterocycles. The number of hydrogen-bond acceptors (Lipinski definition) is 2. The first-order valence-corrected chi connectivity index (χ1v) is 7.45. The highest BCUT2D eigenvalue weighted by Gasteiger charge is 2.12. The van der Waals surface area contributed by atoms with E-state index in [0.29, 0.717) is 22.2 Å². The molecule has 2 N–H and O–H groups in total. The van der Waals surface area contributed by atoms with Gasteiger partial charge in [-0.1, -0.05) is 22.9 Å². The van der Waals surface area contributed by atoms with Gasteiger partial charge in [0, 0.05) is 10.5 Å². The lowest BCUT2D eigenvalue weighted by Crippen LogP contribution is -2.21. The van der Waals surface area contributed by atoms with Crippen molar-refractivity contribution in [3.05, 3.63) is 58.1 Å². The first-order valence-electron chi connectivity index (χ1n) is 6.66. The van der Waals surface area contributed by atoms with Gasteiger partial charge in [0.05, 0.1) is 0 Å². The smallest absolute Gasteiger partial charge is 0.165 e. The van der Waals surface area contributed by atoms with E-state index >= 15 is 0 Å². The molecule has 1 atom stereocenters. The summed E-state index contributed by atoms with van der Waals surface area (Å²) in [6, 6.07) is 8.48. The van der Waals surface area contributed by atoms with Crippen LogP contribution in [0.25, 0.3) is 0 Å². The minimum absolute atomic E-state index is 0.0855. The Labute approximate surface area is 131 Å². The molecule has 2 nitrogen and oxygen atoms in total. The van der Waals surface area contributed by atoms with Crippen molar-refractivity contribution in [3.63, 3.8) is 0 Å². The molecular weight excluding hydrogens is 340 g/mol. The van der Waals surface area contributed by atoms with Gasteiger partial charge in [-0.15, -0.1) is 0 Å². The summed E-state index contributed by atoms with van der Waals surface area (Å²) < 4.78 is 33.5. The van der Waals surface area contributed by atoms with Crippen molar-refractivity contribution in [2.24, 2.45) is 5.73 Å². The van der Waals surface area contributed by atoms with Crippen molar-refractivity contribution in [2.75, 3.05) is 0 Å². The molecule has 0 fully saturated rings. The summed E-state index contributed by atoms with van der Waals surface area (Å²) in [4.78, 5) is 0. The van der Waals surface area contributed by atoms with Crippen LogP contribution in [0.3, 0.4) is 0 Å². The van der Waals surface area contributed by atoms with Crippen molar-refractivity contribution >= 4 is 15.9 Å². The lowest BCUT2D eigenvalue weighted by Gasteiger charge is -2.15. The van der Waals surface area contributed by atoms with Crippen molar-refractivity contribution < 1.29 is 13.5 Å². The van der Waals surface area contributed by atoms with Crippen LogP contribution in [0, 0.1) is 11.6 Å².